The van der Waals surface area contributed by atoms with E-state index in [1.165, 1.54) is 50.5 Å². The molecule has 2 rings (SSSR count). The van der Waals surface area contributed by atoms with Crippen LogP contribution in [0.5, 0.6) is 0 Å². The van der Waals surface area contributed by atoms with E-state index in [2.05, 4.69) is 53.9 Å². The van der Waals surface area contributed by atoms with Gasteiger partial charge < -0.3 is 10.4 Å². The predicted octanol–water partition coefficient (Wildman–Crippen LogP) is 6.23. The summed E-state index contributed by atoms with van der Waals surface area (Å²) in [6.45, 7) is 4.67. The highest BCUT2D eigenvalue weighted by atomic mass is 16.2. The maximum Gasteiger partial charge on any atom is 0.219 e. The van der Waals surface area contributed by atoms with Gasteiger partial charge in [0.05, 0.1) is 0 Å². The van der Waals surface area contributed by atoms with Gasteiger partial charge in [0, 0.05) is 20.1 Å². The SMILES string of the molecule is C(=C\C1CCCC1)/CCCc1ccccc1.C/C=C\CCCC(=O)NCC.CO. The normalized spacial score (nSPS) is 13.7. The summed E-state index contributed by atoms with van der Waals surface area (Å²) >= 11 is 0. The van der Waals surface area contributed by atoms with Crippen molar-refractivity contribution in [3.63, 3.8) is 0 Å². The molecule has 3 nitrogen and oxygen atoms in total. The molecule has 3 heteroatoms. The molecule has 0 bridgehead atoms. The van der Waals surface area contributed by atoms with Gasteiger partial charge in [-0.1, -0.05) is 67.5 Å². The molecule has 0 radical (unpaired) electrons. The summed E-state index contributed by atoms with van der Waals surface area (Å²) in [6.07, 6.45) is 21.0. The number of aliphatic hydroxyl groups is 1. The van der Waals surface area contributed by atoms with Gasteiger partial charge in [-0.25, -0.2) is 0 Å². The zero-order valence-corrected chi connectivity index (χ0v) is 18.9. The number of carbonyl (C=O) groups excluding carboxylic acids is 1. The van der Waals surface area contributed by atoms with Crippen LogP contribution >= 0.6 is 0 Å². The average Bonchev–Trinajstić information content (AvgIpc) is 3.28. The smallest absolute Gasteiger partial charge is 0.219 e. The Kier molecular flexibility index (Phi) is 19.5. The van der Waals surface area contributed by atoms with Crippen molar-refractivity contribution in [2.45, 2.75) is 78.1 Å². The van der Waals surface area contributed by atoms with Crippen molar-refractivity contribution in [2.24, 2.45) is 5.92 Å². The summed E-state index contributed by atoms with van der Waals surface area (Å²) in [6, 6.07) is 10.8. The zero-order valence-electron chi connectivity index (χ0n) is 18.9. The Morgan fingerprint density at radius 2 is 1.72 bits per heavy atom. The van der Waals surface area contributed by atoms with E-state index in [4.69, 9.17) is 5.11 Å². The van der Waals surface area contributed by atoms with Crippen molar-refractivity contribution in [3.05, 3.63) is 60.2 Å². The van der Waals surface area contributed by atoms with E-state index in [9.17, 15) is 4.79 Å². The van der Waals surface area contributed by atoms with E-state index in [1.54, 1.807) is 0 Å². The lowest BCUT2D eigenvalue weighted by Crippen LogP contribution is -2.21. The van der Waals surface area contributed by atoms with Crippen molar-refractivity contribution in [2.75, 3.05) is 13.7 Å². The summed E-state index contributed by atoms with van der Waals surface area (Å²) in [5.41, 5.74) is 1.47. The number of aliphatic hydroxyl groups excluding tert-OH is 1. The molecule has 1 fully saturated rings. The molecule has 0 saturated heterocycles. The number of benzene rings is 1. The second-order valence-corrected chi connectivity index (χ2v) is 7.27. The van der Waals surface area contributed by atoms with Crippen LogP contribution in [0.25, 0.3) is 0 Å². The molecule has 1 amide bonds. The standard InChI is InChI=1S/C16H22.C9H17NO.CH4O/c1-3-9-15(10-4-1)11-5-2-6-12-16-13-7-8-14-16;1-3-5-6-7-8-9(11)10-4-2;1-2/h1,3-4,6,9-10,12,16H,2,5,7-8,11,13-14H2;3,5H,4,6-8H2,1-2H3,(H,10,11);2H,1H3/b12-6+;5-3-;. The Balaban J connectivity index is 0.000000532. The highest BCUT2D eigenvalue weighted by Gasteiger charge is 2.10. The minimum Gasteiger partial charge on any atom is -0.400 e. The van der Waals surface area contributed by atoms with Gasteiger partial charge in [-0.15, -0.1) is 0 Å². The van der Waals surface area contributed by atoms with Crippen LogP contribution in [-0.4, -0.2) is 24.7 Å². The molecule has 1 aliphatic carbocycles. The lowest BCUT2D eigenvalue weighted by Gasteiger charge is -2.01. The van der Waals surface area contributed by atoms with Gasteiger partial charge in [0.25, 0.3) is 0 Å². The molecule has 1 saturated carbocycles. The highest BCUT2D eigenvalue weighted by molar-refractivity contribution is 5.75. The second-order valence-electron chi connectivity index (χ2n) is 7.27. The van der Waals surface area contributed by atoms with Crippen LogP contribution in [0, 0.1) is 5.92 Å². The van der Waals surface area contributed by atoms with E-state index < -0.39 is 0 Å². The first-order valence-corrected chi connectivity index (χ1v) is 11.3. The number of rotatable bonds is 10. The summed E-state index contributed by atoms with van der Waals surface area (Å²) in [5, 5.41) is 9.76. The minimum atomic E-state index is 0.164. The molecular weight excluding hydrogens is 358 g/mol. The second kappa shape index (κ2) is 20.9. The topological polar surface area (TPSA) is 49.3 Å². The lowest BCUT2D eigenvalue weighted by molar-refractivity contribution is -0.121. The van der Waals surface area contributed by atoms with Crippen LogP contribution < -0.4 is 5.32 Å². The molecule has 2 N–H and O–H groups in total. The van der Waals surface area contributed by atoms with Crippen LogP contribution in [0.3, 0.4) is 0 Å². The number of allylic oxidation sites excluding steroid dienone is 4. The van der Waals surface area contributed by atoms with Crippen molar-refractivity contribution < 1.29 is 9.90 Å². The zero-order chi connectivity index (χ0) is 21.6. The molecule has 1 aliphatic rings. The fraction of sp³-hybridized carbons (Fsp3) is 0.577. The number of hydrogen-bond acceptors (Lipinski definition) is 2. The summed E-state index contributed by atoms with van der Waals surface area (Å²) in [5.74, 6) is 1.06. The molecule has 164 valence electrons. The highest BCUT2D eigenvalue weighted by Crippen LogP contribution is 2.25. The molecule has 0 unspecified atom stereocenters. The van der Waals surface area contributed by atoms with E-state index in [0.717, 1.165) is 32.4 Å². The van der Waals surface area contributed by atoms with E-state index in [-0.39, 0.29) is 5.91 Å². The molecule has 0 aliphatic heterocycles. The Hall–Kier alpha value is -1.87. The third-order valence-electron chi connectivity index (χ3n) is 4.87. The van der Waals surface area contributed by atoms with E-state index >= 15 is 0 Å². The fourth-order valence-corrected chi connectivity index (χ4v) is 3.34. The van der Waals surface area contributed by atoms with Crippen molar-refractivity contribution in [1.82, 2.24) is 5.32 Å². The van der Waals surface area contributed by atoms with Gasteiger partial charge in [-0.3, -0.25) is 4.79 Å². The summed E-state index contributed by atoms with van der Waals surface area (Å²) in [7, 11) is 1.00. The van der Waals surface area contributed by atoms with Crippen LogP contribution in [0.4, 0.5) is 0 Å². The summed E-state index contributed by atoms with van der Waals surface area (Å²) < 4.78 is 0. The molecule has 0 aromatic heterocycles. The number of aryl methyl sites for hydroxylation is 1. The van der Waals surface area contributed by atoms with E-state index in [1.807, 2.05) is 19.9 Å². The van der Waals surface area contributed by atoms with Gasteiger partial charge >= 0.3 is 0 Å². The third kappa shape index (κ3) is 16.8. The Bertz CT molecular complexity index is 531. The quantitative estimate of drug-likeness (QED) is 0.360. The molecular formula is C26H43NO2. The maximum atomic E-state index is 10.9. The Morgan fingerprint density at radius 3 is 2.34 bits per heavy atom. The number of hydrogen-bond donors (Lipinski definition) is 2. The van der Waals surface area contributed by atoms with Gasteiger partial charge in [0.1, 0.15) is 0 Å². The van der Waals surface area contributed by atoms with Gasteiger partial charge in [0.15, 0.2) is 0 Å². The molecule has 1 aromatic rings. The number of unbranched alkanes of at least 4 members (excludes halogenated alkanes) is 2. The first kappa shape index (κ1) is 27.1. The van der Waals surface area contributed by atoms with Gasteiger partial charge in [-0.2, -0.15) is 0 Å². The predicted molar refractivity (Wildman–Crippen MR) is 126 cm³/mol. The third-order valence-corrected chi connectivity index (χ3v) is 4.87. The van der Waals surface area contributed by atoms with Crippen molar-refractivity contribution in [1.29, 1.82) is 0 Å². The molecule has 29 heavy (non-hydrogen) atoms. The van der Waals surface area contributed by atoms with Crippen LogP contribution in [0.15, 0.2) is 54.6 Å². The Labute approximate surface area is 179 Å². The molecule has 0 spiro atoms. The lowest BCUT2D eigenvalue weighted by atomic mass is 10.1. The van der Waals surface area contributed by atoms with Crippen LogP contribution in [0.2, 0.25) is 0 Å². The summed E-state index contributed by atoms with van der Waals surface area (Å²) in [4.78, 5) is 10.9. The number of nitrogens with one attached hydrogen (secondary N) is 1. The Morgan fingerprint density at radius 1 is 1.07 bits per heavy atom. The molecule has 1 aromatic carbocycles. The van der Waals surface area contributed by atoms with E-state index in [0.29, 0.717) is 6.42 Å². The molecule has 0 atom stereocenters. The van der Waals surface area contributed by atoms with Gasteiger partial charge in [-0.05, 0) is 70.3 Å². The minimum absolute atomic E-state index is 0.164. The number of carbonyl (C=O) groups is 1. The largest absolute Gasteiger partial charge is 0.400 e. The fourth-order valence-electron chi connectivity index (χ4n) is 3.34. The van der Waals surface area contributed by atoms with Crippen LogP contribution in [0.1, 0.15) is 77.2 Å². The maximum absolute atomic E-state index is 10.9. The van der Waals surface area contributed by atoms with Crippen molar-refractivity contribution in [3.8, 4) is 0 Å². The monoisotopic (exact) mass is 401 g/mol. The first-order valence-electron chi connectivity index (χ1n) is 11.3. The first-order chi connectivity index (χ1) is 14.3. The van der Waals surface area contributed by atoms with Crippen molar-refractivity contribution >= 4 is 5.91 Å². The average molecular weight is 402 g/mol. The number of amides is 1. The van der Waals surface area contributed by atoms with Gasteiger partial charge in [0.2, 0.25) is 5.91 Å². The van der Waals surface area contributed by atoms with Crippen LogP contribution in [-0.2, 0) is 11.2 Å². The molecule has 0 heterocycles.